The maximum absolute atomic E-state index is 15.0. The van der Waals surface area contributed by atoms with Crippen LogP contribution in [0.2, 0.25) is 0 Å². The van der Waals surface area contributed by atoms with E-state index in [0.717, 1.165) is 25.7 Å². The quantitative estimate of drug-likeness (QED) is 0.163. The van der Waals surface area contributed by atoms with Crippen molar-refractivity contribution >= 4 is 5.78 Å². The molecule has 3 saturated carbocycles. The summed E-state index contributed by atoms with van der Waals surface area (Å²) in [5.74, 6) is 0.469. The van der Waals surface area contributed by atoms with Gasteiger partial charge in [-0.3, -0.25) is 4.79 Å². The summed E-state index contributed by atoms with van der Waals surface area (Å²) in [5.41, 5.74) is -1.98. The summed E-state index contributed by atoms with van der Waals surface area (Å²) in [6, 6.07) is 0. The van der Waals surface area contributed by atoms with Gasteiger partial charge >= 0.3 is 0 Å². The maximum Gasteiger partial charge on any atom is 0.187 e. The third-order valence-electron chi connectivity index (χ3n) is 16.8. The van der Waals surface area contributed by atoms with E-state index in [2.05, 4.69) is 47.6 Å². The summed E-state index contributed by atoms with van der Waals surface area (Å²) in [6.45, 7) is 15.9. The zero-order valence-corrected chi connectivity index (χ0v) is 34.3. The van der Waals surface area contributed by atoms with E-state index in [4.69, 9.17) is 23.7 Å². The summed E-state index contributed by atoms with van der Waals surface area (Å²) in [7, 11) is 0. The maximum atomic E-state index is 15.0. The lowest BCUT2D eigenvalue weighted by Gasteiger charge is -2.65. The molecular formula is C42H68O14. The van der Waals surface area contributed by atoms with Crippen molar-refractivity contribution in [3.63, 3.8) is 0 Å². The van der Waals surface area contributed by atoms with Gasteiger partial charge in [-0.05, 0) is 94.3 Å². The van der Waals surface area contributed by atoms with Gasteiger partial charge in [0.25, 0.3) is 0 Å². The highest BCUT2D eigenvalue weighted by Crippen LogP contribution is 2.75. The van der Waals surface area contributed by atoms with Gasteiger partial charge in [-0.25, -0.2) is 0 Å². The third-order valence-corrected chi connectivity index (χ3v) is 16.8. The summed E-state index contributed by atoms with van der Waals surface area (Å²) in [5, 5.41) is 82.2. The first-order valence-corrected chi connectivity index (χ1v) is 20.9. The van der Waals surface area contributed by atoms with Crippen molar-refractivity contribution in [2.45, 2.75) is 192 Å². The number of rotatable bonds is 8. The van der Waals surface area contributed by atoms with Crippen LogP contribution in [0, 0.1) is 39.4 Å². The van der Waals surface area contributed by atoms with Gasteiger partial charge in [0.2, 0.25) is 0 Å². The predicted molar refractivity (Wildman–Crippen MR) is 199 cm³/mol. The Labute approximate surface area is 330 Å². The molecule has 4 aliphatic carbocycles. The van der Waals surface area contributed by atoms with E-state index in [1.165, 1.54) is 5.57 Å². The fraction of sp³-hybridized carbons (Fsp3) is 0.929. The summed E-state index contributed by atoms with van der Waals surface area (Å²) >= 11 is 0. The van der Waals surface area contributed by atoms with Crippen molar-refractivity contribution in [1.82, 2.24) is 0 Å². The van der Waals surface area contributed by atoms with E-state index < -0.39 is 103 Å². The van der Waals surface area contributed by atoms with E-state index in [0.29, 0.717) is 25.7 Å². The molecule has 14 heteroatoms. The zero-order valence-electron chi connectivity index (χ0n) is 34.3. The highest BCUT2D eigenvalue weighted by atomic mass is 16.7. The average molecular weight is 797 g/mol. The molecule has 3 aliphatic heterocycles. The average Bonchev–Trinajstić information content (AvgIpc) is 3.68. The highest BCUT2D eigenvalue weighted by Gasteiger charge is 2.72. The first kappa shape index (κ1) is 43.0. The number of fused-ring (bicyclic) bond motifs is 5. The number of ether oxygens (including phenoxy) is 5. The Balaban J connectivity index is 1.09. The molecule has 0 amide bonds. The standard InChI is InChI=1S/C42H68O14/c1-37(2)20-9-11-25-39(5)15-13-24(41(7)16-14-28(55-41)38(3,4)56-36-34(51)32(49)30(47)23(19-44)53-36)40(39,6)17-26(45)42(25,8)21(20)10-12-27(37)54-35-33(50)31(48)29(46)22(18-43)52-35/h9,21-25,27-36,43-44,46-51H,10-19H2,1-8H3/t21-,22-,23-,24+,25+,27+,28+,29-,30-,31+,32+,33-,34-,35+,36+,39+,40-,41+,42+/m1/s1. The molecule has 0 unspecified atom stereocenters. The fourth-order valence-corrected chi connectivity index (χ4v) is 13.1. The molecule has 56 heavy (non-hydrogen) atoms. The first-order chi connectivity index (χ1) is 26.0. The first-order valence-electron chi connectivity index (χ1n) is 20.9. The molecule has 8 N–H and O–H groups in total. The van der Waals surface area contributed by atoms with E-state index in [-0.39, 0.29) is 40.5 Å². The van der Waals surface area contributed by atoms with Crippen LogP contribution in [0.3, 0.4) is 0 Å². The lowest BCUT2D eigenvalue weighted by molar-refractivity contribution is -0.334. The number of carbonyl (C=O) groups is 1. The molecule has 320 valence electrons. The number of aliphatic hydroxyl groups is 8. The van der Waals surface area contributed by atoms with Crippen LogP contribution in [0.1, 0.15) is 107 Å². The monoisotopic (exact) mass is 796 g/mol. The topological polar surface area (TPSA) is 225 Å². The summed E-state index contributed by atoms with van der Waals surface area (Å²) < 4.78 is 31.1. The van der Waals surface area contributed by atoms with Crippen LogP contribution in [0.4, 0.5) is 0 Å². The molecule has 6 fully saturated rings. The van der Waals surface area contributed by atoms with Crippen LogP contribution in [0.25, 0.3) is 0 Å². The minimum atomic E-state index is -1.54. The Kier molecular flexibility index (Phi) is 11.1. The van der Waals surface area contributed by atoms with Gasteiger partial charge in [0, 0.05) is 17.3 Å². The number of hydrogen-bond donors (Lipinski definition) is 8. The van der Waals surface area contributed by atoms with Crippen LogP contribution in [0.15, 0.2) is 11.6 Å². The molecule has 0 radical (unpaired) electrons. The zero-order chi connectivity index (χ0) is 41.1. The Bertz CT molecular complexity index is 1520. The SMILES string of the molecule is CC(C)(O[C@@H]1O[C@H](CO)[C@@H](O)[C@H](O)[C@H]1O)[C@@H]1CC[C@@](C)([C@H]2CC[C@@]3(C)[C@@H]4CC=C5[C@@H](CC[C@H](O[C@@H]6O[C@H](CO)[C@@H](O)[C@H](O)[C@H]6O)C5(C)C)[C@]4(C)C(=O)C[C@]23C)O1. The molecule has 0 spiro atoms. The molecule has 0 aromatic carbocycles. The van der Waals surface area contributed by atoms with Crippen LogP contribution in [0.5, 0.6) is 0 Å². The number of hydrogen-bond acceptors (Lipinski definition) is 14. The Morgan fingerprint density at radius 3 is 1.93 bits per heavy atom. The van der Waals surface area contributed by atoms with E-state index >= 15 is 0 Å². The number of Topliss-reactive ketones (excluding diaryl/α,β-unsaturated/α-hetero) is 1. The lowest BCUT2D eigenvalue weighted by Crippen LogP contribution is -2.64. The third kappa shape index (κ3) is 6.25. The molecule has 7 aliphatic rings. The predicted octanol–water partition coefficient (Wildman–Crippen LogP) is 1.49. The molecule has 19 atom stereocenters. The molecular weight excluding hydrogens is 728 g/mol. The normalized spacial score (nSPS) is 53.2. The number of carbonyl (C=O) groups excluding carboxylic acids is 1. The van der Waals surface area contributed by atoms with Gasteiger partial charge in [-0.15, -0.1) is 0 Å². The van der Waals surface area contributed by atoms with E-state index in [9.17, 15) is 45.6 Å². The molecule has 7 rings (SSSR count). The molecule has 3 heterocycles. The largest absolute Gasteiger partial charge is 0.394 e. The molecule has 0 aromatic rings. The van der Waals surface area contributed by atoms with Crippen molar-refractivity contribution in [3.05, 3.63) is 11.6 Å². The Morgan fingerprint density at radius 1 is 0.732 bits per heavy atom. The summed E-state index contributed by atoms with van der Waals surface area (Å²) in [6.07, 6.45) is -6.34. The molecule has 14 nitrogen and oxygen atoms in total. The van der Waals surface area contributed by atoms with Crippen molar-refractivity contribution < 1.29 is 69.3 Å². The molecule has 0 bridgehead atoms. The molecule has 0 aromatic heterocycles. The van der Waals surface area contributed by atoms with Crippen LogP contribution in [-0.2, 0) is 28.5 Å². The van der Waals surface area contributed by atoms with Gasteiger partial charge in [0.15, 0.2) is 12.6 Å². The molecule has 3 saturated heterocycles. The number of ketones is 1. The van der Waals surface area contributed by atoms with Gasteiger partial charge in [0.05, 0.1) is 36.6 Å². The number of aliphatic hydroxyl groups excluding tert-OH is 8. The van der Waals surface area contributed by atoms with E-state index in [1.54, 1.807) is 0 Å². The van der Waals surface area contributed by atoms with Crippen LogP contribution < -0.4 is 0 Å². The second-order valence-corrected chi connectivity index (χ2v) is 20.3. The minimum Gasteiger partial charge on any atom is -0.394 e. The van der Waals surface area contributed by atoms with Gasteiger partial charge < -0.3 is 64.5 Å². The van der Waals surface area contributed by atoms with Gasteiger partial charge in [-0.2, -0.15) is 0 Å². The van der Waals surface area contributed by atoms with Crippen molar-refractivity contribution in [1.29, 1.82) is 0 Å². The Morgan fingerprint density at radius 2 is 1.32 bits per heavy atom. The summed E-state index contributed by atoms with van der Waals surface area (Å²) in [4.78, 5) is 15.0. The van der Waals surface area contributed by atoms with Crippen molar-refractivity contribution in [2.75, 3.05) is 13.2 Å². The smallest absolute Gasteiger partial charge is 0.187 e. The number of allylic oxidation sites excluding steroid dienone is 1. The lowest BCUT2D eigenvalue weighted by atomic mass is 9.38. The fourth-order valence-electron chi connectivity index (χ4n) is 13.1. The van der Waals surface area contributed by atoms with Crippen LogP contribution >= 0.6 is 0 Å². The second kappa shape index (κ2) is 14.5. The van der Waals surface area contributed by atoms with Crippen LogP contribution in [-0.4, -0.2) is 145 Å². The van der Waals surface area contributed by atoms with E-state index in [1.807, 2.05) is 13.8 Å². The van der Waals surface area contributed by atoms with Crippen molar-refractivity contribution in [2.24, 2.45) is 39.4 Å². The highest BCUT2D eigenvalue weighted by molar-refractivity contribution is 5.88. The Hall–Kier alpha value is -1.11. The second-order valence-electron chi connectivity index (χ2n) is 20.3. The van der Waals surface area contributed by atoms with Gasteiger partial charge in [-0.1, -0.05) is 46.3 Å². The van der Waals surface area contributed by atoms with Crippen molar-refractivity contribution in [3.8, 4) is 0 Å². The minimum absolute atomic E-state index is 0.00175. The van der Waals surface area contributed by atoms with Gasteiger partial charge in [0.1, 0.15) is 54.6 Å².